The number of amides is 1. The molecule has 0 saturated heterocycles. The molecule has 0 aliphatic heterocycles. The molecule has 0 bridgehead atoms. The molecule has 0 aliphatic rings. The molecule has 1 N–H and O–H groups in total. The number of ether oxygens (including phenoxy) is 1. The average molecular weight is 371 g/mol. The van der Waals surface area contributed by atoms with E-state index in [0.29, 0.717) is 11.4 Å². The van der Waals surface area contributed by atoms with Crippen molar-refractivity contribution in [3.63, 3.8) is 0 Å². The number of nitrogens with one attached hydrogen (secondary N) is 1. The number of carbonyl (C=O) groups is 1. The molecule has 1 amide bonds. The maximum atomic E-state index is 13.0. The van der Waals surface area contributed by atoms with E-state index in [4.69, 9.17) is 4.74 Å². The number of anilines is 1. The van der Waals surface area contributed by atoms with Gasteiger partial charge in [-0.3, -0.25) is 9.59 Å². The van der Waals surface area contributed by atoms with E-state index < -0.39 is 29.2 Å². The van der Waals surface area contributed by atoms with Crippen LogP contribution < -0.4 is 15.6 Å². The van der Waals surface area contributed by atoms with Gasteiger partial charge < -0.3 is 10.1 Å². The molecule has 0 aliphatic carbocycles. The van der Waals surface area contributed by atoms with Crippen LogP contribution in [-0.2, 0) is 4.79 Å². The highest BCUT2D eigenvalue weighted by atomic mass is 19.1. The summed E-state index contributed by atoms with van der Waals surface area (Å²) in [6, 6.07) is 13.1. The zero-order chi connectivity index (χ0) is 19.4. The second-order valence-corrected chi connectivity index (χ2v) is 5.65. The van der Waals surface area contributed by atoms with Crippen LogP contribution in [-0.4, -0.2) is 21.8 Å². The topological polar surface area (TPSA) is 73.2 Å². The molecule has 3 aromatic rings. The van der Waals surface area contributed by atoms with Crippen molar-refractivity contribution in [3.8, 4) is 11.6 Å². The van der Waals surface area contributed by atoms with Crippen molar-refractivity contribution in [1.29, 1.82) is 0 Å². The number of rotatable bonds is 5. The summed E-state index contributed by atoms with van der Waals surface area (Å²) in [7, 11) is 0. The summed E-state index contributed by atoms with van der Waals surface area (Å²) < 4.78 is 32.5. The van der Waals surface area contributed by atoms with E-state index >= 15 is 0 Å². The summed E-state index contributed by atoms with van der Waals surface area (Å²) in [5.41, 5.74) is 0.341. The van der Waals surface area contributed by atoms with Crippen molar-refractivity contribution in [2.75, 3.05) is 5.32 Å². The van der Waals surface area contributed by atoms with Gasteiger partial charge >= 0.3 is 0 Å². The van der Waals surface area contributed by atoms with E-state index in [1.807, 2.05) is 0 Å². The van der Waals surface area contributed by atoms with Crippen molar-refractivity contribution in [3.05, 3.63) is 82.7 Å². The lowest BCUT2D eigenvalue weighted by Crippen LogP contribution is -2.31. The molecule has 0 fully saturated rings. The Morgan fingerprint density at radius 3 is 2.22 bits per heavy atom. The highest BCUT2D eigenvalue weighted by Crippen LogP contribution is 2.12. The SMILES string of the molecule is C[C@@H](Oc1ccc(=O)n(-c2ccc(F)cc2)n1)C(=O)Nc1ccc(F)cc1. The van der Waals surface area contributed by atoms with Gasteiger partial charge in [0, 0.05) is 17.8 Å². The number of hydrogen-bond acceptors (Lipinski definition) is 4. The van der Waals surface area contributed by atoms with Crippen molar-refractivity contribution in [2.24, 2.45) is 0 Å². The Labute approximate surface area is 153 Å². The van der Waals surface area contributed by atoms with Gasteiger partial charge in [-0.15, -0.1) is 5.10 Å². The zero-order valence-corrected chi connectivity index (χ0v) is 14.2. The van der Waals surface area contributed by atoms with E-state index in [2.05, 4.69) is 10.4 Å². The van der Waals surface area contributed by atoms with Gasteiger partial charge in [0.05, 0.1) is 5.69 Å². The van der Waals surface area contributed by atoms with Gasteiger partial charge in [-0.05, 0) is 55.5 Å². The van der Waals surface area contributed by atoms with Gasteiger partial charge in [-0.1, -0.05) is 0 Å². The minimum atomic E-state index is -0.929. The molecule has 138 valence electrons. The average Bonchev–Trinajstić information content (AvgIpc) is 2.66. The fraction of sp³-hybridized carbons (Fsp3) is 0.105. The first-order valence-corrected chi connectivity index (χ1v) is 8.02. The van der Waals surface area contributed by atoms with Crippen molar-refractivity contribution < 1.29 is 18.3 Å². The number of aromatic nitrogens is 2. The number of hydrogen-bond donors (Lipinski definition) is 1. The molecule has 1 atom stereocenters. The van der Waals surface area contributed by atoms with Gasteiger partial charge in [0.2, 0.25) is 5.88 Å². The van der Waals surface area contributed by atoms with Crippen LogP contribution in [0.5, 0.6) is 5.88 Å². The lowest BCUT2D eigenvalue weighted by Gasteiger charge is -2.15. The largest absolute Gasteiger partial charge is 0.463 e. The molecular weight excluding hydrogens is 356 g/mol. The number of halogens is 2. The molecule has 0 radical (unpaired) electrons. The minimum Gasteiger partial charge on any atom is -0.463 e. The molecule has 27 heavy (non-hydrogen) atoms. The van der Waals surface area contributed by atoms with Gasteiger partial charge in [-0.2, -0.15) is 4.68 Å². The van der Waals surface area contributed by atoms with Crippen LogP contribution in [0.1, 0.15) is 6.92 Å². The summed E-state index contributed by atoms with van der Waals surface area (Å²) in [4.78, 5) is 24.2. The first-order valence-electron chi connectivity index (χ1n) is 8.02. The summed E-state index contributed by atoms with van der Waals surface area (Å²) in [5, 5.41) is 6.63. The minimum absolute atomic E-state index is 0.0423. The monoisotopic (exact) mass is 371 g/mol. The van der Waals surface area contributed by atoms with Gasteiger partial charge in [0.15, 0.2) is 6.10 Å². The zero-order valence-electron chi connectivity index (χ0n) is 14.2. The fourth-order valence-corrected chi connectivity index (χ4v) is 2.24. The first-order chi connectivity index (χ1) is 12.9. The third-order valence-corrected chi connectivity index (χ3v) is 3.63. The number of nitrogens with zero attached hydrogens (tertiary/aromatic N) is 2. The Balaban J connectivity index is 1.74. The van der Waals surface area contributed by atoms with Crippen LogP contribution in [0, 0.1) is 11.6 Å². The Kier molecular flexibility index (Phi) is 5.25. The van der Waals surface area contributed by atoms with E-state index in [-0.39, 0.29) is 5.88 Å². The van der Waals surface area contributed by atoms with E-state index in [0.717, 1.165) is 4.68 Å². The highest BCUT2D eigenvalue weighted by Gasteiger charge is 2.16. The van der Waals surface area contributed by atoms with Crippen LogP contribution >= 0.6 is 0 Å². The Hall–Kier alpha value is -3.55. The highest BCUT2D eigenvalue weighted by molar-refractivity contribution is 5.94. The molecule has 0 unspecified atom stereocenters. The quantitative estimate of drug-likeness (QED) is 0.749. The van der Waals surface area contributed by atoms with Gasteiger partial charge in [-0.25, -0.2) is 8.78 Å². The molecule has 0 spiro atoms. The summed E-state index contributed by atoms with van der Waals surface area (Å²) in [6.07, 6.45) is -0.929. The van der Waals surface area contributed by atoms with Crippen LogP contribution in [0.2, 0.25) is 0 Å². The van der Waals surface area contributed by atoms with E-state index in [9.17, 15) is 18.4 Å². The lowest BCUT2D eigenvalue weighted by atomic mass is 10.3. The van der Waals surface area contributed by atoms with Crippen LogP contribution in [0.3, 0.4) is 0 Å². The predicted molar refractivity (Wildman–Crippen MR) is 94.9 cm³/mol. The van der Waals surface area contributed by atoms with Crippen molar-refractivity contribution >= 4 is 11.6 Å². The number of benzene rings is 2. The normalized spacial score (nSPS) is 11.7. The van der Waals surface area contributed by atoms with Crippen molar-refractivity contribution in [1.82, 2.24) is 9.78 Å². The molecule has 0 saturated carbocycles. The fourth-order valence-electron chi connectivity index (χ4n) is 2.24. The maximum Gasteiger partial charge on any atom is 0.271 e. The van der Waals surface area contributed by atoms with E-state index in [1.165, 1.54) is 67.6 Å². The standard InChI is InChI=1S/C19H15F2N3O3/c1-12(19(26)22-15-6-2-13(20)3-7-15)27-17-10-11-18(25)24(23-17)16-8-4-14(21)5-9-16/h2-12H,1H3,(H,22,26)/t12-/m1/s1. The third-order valence-electron chi connectivity index (χ3n) is 3.63. The van der Waals surface area contributed by atoms with Crippen molar-refractivity contribution in [2.45, 2.75) is 13.0 Å². The van der Waals surface area contributed by atoms with Gasteiger partial charge in [0.1, 0.15) is 11.6 Å². The first kappa shape index (κ1) is 18.2. The van der Waals surface area contributed by atoms with Crippen LogP contribution in [0.25, 0.3) is 5.69 Å². The van der Waals surface area contributed by atoms with Crippen LogP contribution in [0.15, 0.2) is 65.5 Å². The molecule has 2 aromatic carbocycles. The number of carbonyl (C=O) groups excluding carboxylic acids is 1. The van der Waals surface area contributed by atoms with E-state index in [1.54, 1.807) is 0 Å². The molecule has 8 heteroatoms. The second kappa shape index (κ2) is 7.77. The Morgan fingerprint density at radius 2 is 1.59 bits per heavy atom. The summed E-state index contributed by atoms with van der Waals surface area (Å²) in [6.45, 7) is 1.51. The third kappa shape index (κ3) is 4.55. The van der Waals surface area contributed by atoms with Gasteiger partial charge in [0.25, 0.3) is 11.5 Å². The molecule has 3 rings (SSSR count). The molecular formula is C19H15F2N3O3. The predicted octanol–water partition coefficient (Wildman–Crippen LogP) is 2.92. The maximum absolute atomic E-state index is 13.0. The van der Waals surface area contributed by atoms with Crippen LogP contribution in [0.4, 0.5) is 14.5 Å². The smallest absolute Gasteiger partial charge is 0.271 e. The summed E-state index contributed by atoms with van der Waals surface area (Å²) >= 11 is 0. The lowest BCUT2D eigenvalue weighted by molar-refractivity contribution is -0.122. The second-order valence-electron chi connectivity index (χ2n) is 5.65. The molecule has 6 nitrogen and oxygen atoms in total. The summed E-state index contributed by atoms with van der Waals surface area (Å²) in [5.74, 6) is -1.28. The Morgan fingerprint density at radius 1 is 1.00 bits per heavy atom. The Bertz CT molecular complexity index is 1000. The molecule has 1 aromatic heterocycles. The molecule has 1 heterocycles.